The summed E-state index contributed by atoms with van der Waals surface area (Å²) in [6, 6.07) is 10.3. The van der Waals surface area contributed by atoms with Crippen LogP contribution in [-0.4, -0.2) is 16.2 Å². The Morgan fingerprint density at radius 3 is 2.65 bits per heavy atom. The fourth-order valence-electron chi connectivity index (χ4n) is 1.90. The lowest BCUT2D eigenvalue weighted by Gasteiger charge is -2.10. The van der Waals surface area contributed by atoms with Gasteiger partial charge in [0.2, 0.25) is 0 Å². The maximum absolute atomic E-state index is 14.4. The van der Waals surface area contributed by atoms with Crippen LogP contribution in [0.15, 0.2) is 46.2 Å². The molecule has 0 fully saturated rings. The van der Waals surface area contributed by atoms with E-state index >= 15 is 0 Å². The third-order valence-corrected chi connectivity index (χ3v) is 5.33. The molecule has 5 heteroatoms. The summed E-state index contributed by atoms with van der Waals surface area (Å²) >= 11 is 7.52. The Balaban J connectivity index is 2.60. The molecule has 0 N–H and O–H groups in total. The minimum Gasteiger partial charge on any atom is -0.254 e. The van der Waals surface area contributed by atoms with Crippen molar-refractivity contribution in [2.75, 3.05) is 12.0 Å². The van der Waals surface area contributed by atoms with E-state index in [-0.39, 0.29) is 5.82 Å². The first-order valence-corrected chi connectivity index (χ1v) is 9.01. The molecule has 106 valence electrons. The first-order chi connectivity index (χ1) is 9.58. The molecule has 2 rings (SSSR count). The Labute approximate surface area is 130 Å². The lowest BCUT2D eigenvalue weighted by Crippen LogP contribution is -1.95. The van der Waals surface area contributed by atoms with Crippen molar-refractivity contribution in [3.8, 4) is 11.1 Å². The summed E-state index contributed by atoms with van der Waals surface area (Å²) in [5, 5.41) is 0.457. The van der Waals surface area contributed by atoms with Gasteiger partial charge >= 0.3 is 0 Å². The summed E-state index contributed by atoms with van der Waals surface area (Å²) < 4.78 is 26.3. The molecule has 1 nitrogen and oxygen atoms in total. The molecule has 2 aromatic carbocycles. The molecule has 0 bridgehead atoms. The molecule has 2 aromatic rings. The summed E-state index contributed by atoms with van der Waals surface area (Å²) in [5.74, 6) is 0.232. The van der Waals surface area contributed by atoms with Gasteiger partial charge < -0.3 is 0 Å². The van der Waals surface area contributed by atoms with Crippen molar-refractivity contribution in [1.82, 2.24) is 0 Å². The molecule has 1 atom stereocenters. The molecular weight excluding hydrogens is 315 g/mol. The Morgan fingerprint density at radius 2 is 2.00 bits per heavy atom. The lowest BCUT2D eigenvalue weighted by atomic mass is 10.1. The van der Waals surface area contributed by atoms with Crippen molar-refractivity contribution in [3.05, 3.63) is 47.2 Å². The Morgan fingerprint density at radius 1 is 1.25 bits per heavy atom. The van der Waals surface area contributed by atoms with Crippen LogP contribution in [0.25, 0.3) is 11.1 Å². The molecule has 0 aliphatic heterocycles. The molecular formula is C15H14ClFOS2. The predicted molar refractivity (Wildman–Crippen MR) is 85.6 cm³/mol. The Hall–Kier alpha value is -0.840. The monoisotopic (exact) mass is 328 g/mol. The van der Waals surface area contributed by atoms with Crippen molar-refractivity contribution >= 4 is 34.2 Å². The summed E-state index contributed by atoms with van der Waals surface area (Å²) in [4.78, 5) is 1.24. The van der Waals surface area contributed by atoms with Crippen LogP contribution in [0.2, 0.25) is 5.02 Å². The molecule has 0 amide bonds. The van der Waals surface area contributed by atoms with Crippen molar-refractivity contribution < 1.29 is 8.60 Å². The quantitative estimate of drug-likeness (QED) is 0.735. The number of benzene rings is 2. The van der Waals surface area contributed by atoms with Gasteiger partial charge in [-0.15, -0.1) is 11.8 Å². The SMILES string of the molecule is CCS(=O)c1ccc(Cl)c(-c2cccc(SC)c2F)c1. The van der Waals surface area contributed by atoms with E-state index in [1.807, 2.05) is 13.2 Å². The van der Waals surface area contributed by atoms with Crippen molar-refractivity contribution in [1.29, 1.82) is 0 Å². The van der Waals surface area contributed by atoms with Crippen molar-refractivity contribution in [2.45, 2.75) is 16.7 Å². The smallest absolute Gasteiger partial charge is 0.144 e. The molecule has 0 saturated carbocycles. The molecule has 0 aromatic heterocycles. The minimum absolute atomic E-state index is 0.290. The molecule has 0 radical (unpaired) electrons. The zero-order valence-corrected chi connectivity index (χ0v) is 13.5. The highest BCUT2D eigenvalue weighted by Crippen LogP contribution is 2.34. The van der Waals surface area contributed by atoms with Gasteiger partial charge in [-0.3, -0.25) is 4.21 Å². The second-order valence-electron chi connectivity index (χ2n) is 4.10. The fourth-order valence-corrected chi connectivity index (χ4v) is 3.42. The highest BCUT2D eigenvalue weighted by molar-refractivity contribution is 7.98. The van der Waals surface area contributed by atoms with E-state index in [1.165, 1.54) is 11.8 Å². The zero-order chi connectivity index (χ0) is 14.7. The van der Waals surface area contributed by atoms with Gasteiger partial charge in [-0.25, -0.2) is 4.39 Å². The number of thioether (sulfide) groups is 1. The van der Waals surface area contributed by atoms with Crippen LogP contribution >= 0.6 is 23.4 Å². The van der Waals surface area contributed by atoms with Crippen molar-refractivity contribution in [3.63, 3.8) is 0 Å². The summed E-state index contributed by atoms with van der Waals surface area (Å²) in [5.41, 5.74) is 1.02. The third kappa shape index (κ3) is 3.08. The molecule has 0 aliphatic rings. The third-order valence-electron chi connectivity index (χ3n) is 2.94. The van der Waals surface area contributed by atoms with Gasteiger partial charge in [-0.05, 0) is 30.5 Å². The Bertz CT molecular complexity index is 658. The molecule has 0 aliphatic carbocycles. The van der Waals surface area contributed by atoms with Crippen LogP contribution in [0, 0.1) is 5.82 Å². The normalized spacial score (nSPS) is 12.4. The maximum atomic E-state index is 14.4. The van der Waals surface area contributed by atoms with Crippen LogP contribution in [0.5, 0.6) is 0 Å². The summed E-state index contributed by atoms with van der Waals surface area (Å²) in [7, 11) is -1.08. The molecule has 0 heterocycles. The second-order valence-corrected chi connectivity index (χ2v) is 7.09. The summed E-state index contributed by atoms with van der Waals surface area (Å²) in [6.07, 6.45) is 1.83. The van der Waals surface area contributed by atoms with Crippen LogP contribution in [-0.2, 0) is 10.8 Å². The maximum Gasteiger partial charge on any atom is 0.144 e. The highest BCUT2D eigenvalue weighted by Gasteiger charge is 2.14. The number of rotatable bonds is 4. The van der Waals surface area contributed by atoms with E-state index in [9.17, 15) is 8.60 Å². The van der Waals surface area contributed by atoms with Crippen molar-refractivity contribution in [2.24, 2.45) is 0 Å². The number of halogens is 2. The van der Waals surface area contributed by atoms with E-state index in [2.05, 4.69) is 0 Å². The lowest BCUT2D eigenvalue weighted by molar-refractivity contribution is 0.606. The molecule has 0 spiro atoms. The molecule has 1 unspecified atom stereocenters. The number of hydrogen-bond donors (Lipinski definition) is 0. The largest absolute Gasteiger partial charge is 0.254 e. The molecule has 0 saturated heterocycles. The van der Waals surface area contributed by atoms with Gasteiger partial charge in [0.15, 0.2) is 0 Å². The van der Waals surface area contributed by atoms with Gasteiger partial charge in [-0.1, -0.05) is 30.7 Å². The fraction of sp³-hybridized carbons (Fsp3) is 0.200. The standard InChI is InChI=1S/C15H14ClFOS2/c1-3-20(18)10-7-8-13(16)12(9-10)11-5-4-6-14(19-2)15(11)17/h4-9H,3H2,1-2H3. The van der Waals surface area contributed by atoms with E-state index in [1.54, 1.807) is 36.4 Å². The average Bonchev–Trinajstić information content (AvgIpc) is 2.47. The average molecular weight is 329 g/mol. The van der Waals surface area contributed by atoms with Gasteiger partial charge in [-0.2, -0.15) is 0 Å². The van der Waals surface area contributed by atoms with Crippen LogP contribution in [0.1, 0.15) is 6.92 Å². The minimum atomic E-state index is -1.08. The first-order valence-electron chi connectivity index (χ1n) is 6.09. The van der Waals surface area contributed by atoms with E-state index < -0.39 is 10.8 Å². The predicted octanol–water partition coefficient (Wildman–Crippen LogP) is 5.00. The highest BCUT2D eigenvalue weighted by atomic mass is 35.5. The second kappa shape index (κ2) is 6.74. The van der Waals surface area contributed by atoms with Gasteiger partial charge in [0, 0.05) is 31.7 Å². The van der Waals surface area contributed by atoms with E-state index in [0.29, 0.717) is 31.7 Å². The van der Waals surface area contributed by atoms with Crippen LogP contribution < -0.4 is 0 Å². The van der Waals surface area contributed by atoms with Crippen LogP contribution in [0.3, 0.4) is 0 Å². The van der Waals surface area contributed by atoms with Crippen LogP contribution in [0.4, 0.5) is 4.39 Å². The topological polar surface area (TPSA) is 17.1 Å². The summed E-state index contributed by atoms with van der Waals surface area (Å²) in [6.45, 7) is 1.85. The van der Waals surface area contributed by atoms with Gasteiger partial charge in [0.25, 0.3) is 0 Å². The first kappa shape index (κ1) is 15.5. The van der Waals surface area contributed by atoms with Gasteiger partial charge in [0.05, 0.1) is 10.8 Å². The van der Waals surface area contributed by atoms with E-state index in [0.717, 1.165) is 0 Å². The Kier molecular flexibility index (Phi) is 5.24. The molecule has 20 heavy (non-hydrogen) atoms. The van der Waals surface area contributed by atoms with Gasteiger partial charge in [0.1, 0.15) is 5.82 Å². The van der Waals surface area contributed by atoms with E-state index in [4.69, 9.17) is 11.6 Å². The number of hydrogen-bond acceptors (Lipinski definition) is 2. The zero-order valence-electron chi connectivity index (χ0n) is 11.2.